The van der Waals surface area contributed by atoms with Crippen molar-refractivity contribution in [3.63, 3.8) is 0 Å². The van der Waals surface area contributed by atoms with Crippen molar-refractivity contribution in [2.75, 3.05) is 5.32 Å². The maximum atomic E-state index is 12.0. The van der Waals surface area contributed by atoms with Gasteiger partial charge in [-0.1, -0.05) is 35.5 Å². The van der Waals surface area contributed by atoms with Crippen molar-refractivity contribution < 1.29 is 9.32 Å². The molecule has 3 rings (SSSR count). The highest BCUT2D eigenvalue weighted by molar-refractivity contribution is 7.15. The number of nitrogens with one attached hydrogen (secondary N) is 1. The Hall–Kier alpha value is -2.28. The standard InChI is InChI=1S/C14H14N4O2S/c1-2-5-13-16-17-14(21-13)15-12(19)8-10-9-6-3-4-7-11(9)20-18-10/h3-4,6-7H,2,5,8H2,1H3,(H,15,17,19). The summed E-state index contributed by atoms with van der Waals surface area (Å²) in [5, 5.41) is 17.0. The van der Waals surface area contributed by atoms with E-state index in [2.05, 4.69) is 27.6 Å². The zero-order valence-corrected chi connectivity index (χ0v) is 12.3. The van der Waals surface area contributed by atoms with E-state index in [1.165, 1.54) is 11.3 Å². The molecule has 0 atom stereocenters. The first-order valence-electron chi connectivity index (χ1n) is 6.72. The zero-order chi connectivity index (χ0) is 14.7. The number of rotatable bonds is 5. The van der Waals surface area contributed by atoms with Crippen LogP contribution in [0.15, 0.2) is 28.8 Å². The molecule has 3 aromatic rings. The minimum Gasteiger partial charge on any atom is -0.356 e. The summed E-state index contributed by atoms with van der Waals surface area (Å²) < 4.78 is 5.18. The molecule has 1 amide bonds. The van der Waals surface area contributed by atoms with Gasteiger partial charge >= 0.3 is 0 Å². The van der Waals surface area contributed by atoms with Gasteiger partial charge in [-0.15, -0.1) is 10.2 Å². The van der Waals surface area contributed by atoms with Gasteiger partial charge in [0.25, 0.3) is 0 Å². The van der Waals surface area contributed by atoms with Gasteiger partial charge in [0.1, 0.15) is 10.7 Å². The zero-order valence-electron chi connectivity index (χ0n) is 11.5. The van der Waals surface area contributed by atoms with Crippen molar-refractivity contribution in [3.05, 3.63) is 35.0 Å². The average molecular weight is 302 g/mol. The Morgan fingerprint density at radius 1 is 1.33 bits per heavy atom. The van der Waals surface area contributed by atoms with Crippen molar-refractivity contribution in [2.24, 2.45) is 0 Å². The highest BCUT2D eigenvalue weighted by Gasteiger charge is 2.13. The first kappa shape index (κ1) is 13.7. The van der Waals surface area contributed by atoms with Crippen LogP contribution < -0.4 is 5.32 Å². The molecule has 2 heterocycles. The molecule has 0 unspecified atom stereocenters. The fourth-order valence-corrected chi connectivity index (χ4v) is 2.86. The molecule has 6 nitrogen and oxygen atoms in total. The topological polar surface area (TPSA) is 80.9 Å². The minimum atomic E-state index is -0.173. The number of hydrogen-bond acceptors (Lipinski definition) is 6. The SMILES string of the molecule is CCCc1nnc(NC(=O)Cc2noc3ccccc23)s1. The van der Waals surface area contributed by atoms with Crippen molar-refractivity contribution in [3.8, 4) is 0 Å². The van der Waals surface area contributed by atoms with Crippen LogP contribution in [0, 0.1) is 0 Å². The molecule has 0 fully saturated rings. The molecule has 21 heavy (non-hydrogen) atoms. The first-order chi connectivity index (χ1) is 10.3. The summed E-state index contributed by atoms with van der Waals surface area (Å²) in [4.78, 5) is 12.0. The molecule has 0 spiro atoms. The second-order valence-corrected chi connectivity index (χ2v) is 5.66. The van der Waals surface area contributed by atoms with E-state index in [0.29, 0.717) is 16.4 Å². The quantitative estimate of drug-likeness (QED) is 0.783. The number of hydrogen-bond donors (Lipinski definition) is 1. The Morgan fingerprint density at radius 2 is 2.19 bits per heavy atom. The lowest BCUT2D eigenvalue weighted by molar-refractivity contribution is -0.115. The van der Waals surface area contributed by atoms with E-state index in [-0.39, 0.29) is 12.3 Å². The van der Waals surface area contributed by atoms with Crippen molar-refractivity contribution in [1.29, 1.82) is 0 Å². The molecular weight excluding hydrogens is 288 g/mol. The minimum absolute atomic E-state index is 0.152. The molecule has 2 aromatic heterocycles. The second-order valence-electron chi connectivity index (χ2n) is 4.60. The van der Waals surface area contributed by atoms with Crippen molar-refractivity contribution in [2.45, 2.75) is 26.2 Å². The summed E-state index contributed by atoms with van der Waals surface area (Å²) in [5.41, 5.74) is 1.31. The molecule has 0 radical (unpaired) electrons. The number of aromatic nitrogens is 3. The predicted octanol–water partition coefficient (Wildman–Crippen LogP) is 2.81. The summed E-state index contributed by atoms with van der Waals surface area (Å²) in [6, 6.07) is 7.47. The summed E-state index contributed by atoms with van der Waals surface area (Å²) >= 11 is 1.40. The Bertz CT molecular complexity index is 765. The van der Waals surface area contributed by atoms with Crippen LogP contribution in [0.4, 0.5) is 5.13 Å². The number of carbonyl (C=O) groups excluding carboxylic acids is 1. The van der Waals surface area contributed by atoms with E-state index in [4.69, 9.17) is 4.52 Å². The van der Waals surface area contributed by atoms with E-state index in [9.17, 15) is 4.79 Å². The molecular formula is C14H14N4O2S. The summed E-state index contributed by atoms with van der Waals surface area (Å²) in [6.07, 6.45) is 2.04. The molecule has 7 heteroatoms. The number of nitrogens with zero attached hydrogens (tertiary/aromatic N) is 3. The lowest BCUT2D eigenvalue weighted by Crippen LogP contribution is -2.14. The summed E-state index contributed by atoms with van der Waals surface area (Å²) in [5.74, 6) is -0.173. The van der Waals surface area contributed by atoms with Crippen molar-refractivity contribution in [1.82, 2.24) is 15.4 Å². The normalized spacial score (nSPS) is 10.9. The predicted molar refractivity (Wildman–Crippen MR) is 80.2 cm³/mol. The molecule has 1 N–H and O–H groups in total. The van der Waals surface area contributed by atoms with Gasteiger partial charge in [0.2, 0.25) is 11.0 Å². The van der Waals surface area contributed by atoms with Gasteiger partial charge in [-0.25, -0.2) is 0 Å². The van der Waals surface area contributed by atoms with Crippen LogP contribution in [0.5, 0.6) is 0 Å². The third kappa shape index (κ3) is 3.08. The van der Waals surface area contributed by atoms with Crippen LogP contribution in [-0.2, 0) is 17.6 Å². The Morgan fingerprint density at radius 3 is 3.05 bits per heavy atom. The van der Waals surface area contributed by atoms with Gasteiger partial charge < -0.3 is 9.84 Å². The van der Waals surface area contributed by atoms with E-state index in [0.717, 1.165) is 23.2 Å². The molecule has 108 valence electrons. The average Bonchev–Trinajstić information content (AvgIpc) is 3.07. The van der Waals surface area contributed by atoms with Crippen LogP contribution >= 0.6 is 11.3 Å². The fraction of sp³-hybridized carbons (Fsp3) is 0.286. The summed E-state index contributed by atoms with van der Waals surface area (Å²) in [7, 11) is 0. The van der Waals surface area contributed by atoms with Crippen LogP contribution in [0.2, 0.25) is 0 Å². The van der Waals surface area contributed by atoms with Crippen molar-refractivity contribution >= 4 is 33.3 Å². The molecule has 0 saturated carbocycles. The maximum Gasteiger partial charge on any atom is 0.232 e. The first-order valence-corrected chi connectivity index (χ1v) is 7.53. The summed E-state index contributed by atoms with van der Waals surface area (Å²) in [6.45, 7) is 2.08. The maximum absolute atomic E-state index is 12.0. The smallest absolute Gasteiger partial charge is 0.232 e. The van der Waals surface area contributed by atoms with E-state index in [1.54, 1.807) is 0 Å². The molecule has 0 saturated heterocycles. The van der Waals surface area contributed by atoms with E-state index in [1.807, 2.05) is 24.3 Å². The largest absolute Gasteiger partial charge is 0.356 e. The fourth-order valence-electron chi connectivity index (χ4n) is 2.00. The van der Waals surface area contributed by atoms with Gasteiger partial charge in [0.05, 0.1) is 6.42 Å². The molecule has 0 aliphatic rings. The van der Waals surface area contributed by atoms with E-state index >= 15 is 0 Å². The Kier molecular flexibility index (Phi) is 3.92. The van der Waals surface area contributed by atoms with Gasteiger partial charge in [0.15, 0.2) is 5.58 Å². The number of fused-ring (bicyclic) bond motifs is 1. The number of carbonyl (C=O) groups is 1. The molecule has 1 aromatic carbocycles. The molecule has 0 aliphatic carbocycles. The number of para-hydroxylation sites is 1. The third-order valence-corrected chi connectivity index (χ3v) is 3.86. The van der Waals surface area contributed by atoms with Crippen LogP contribution in [0.3, 0.4) is 0 Å². The highest BCUT2D eigenvalue weighted by atomic mass is 32.1. The van der Waals surface area contributed by atoms with Gasteiger partial charge in [-0.2, -0.15) is 0 Å². The highest BCUT2D eigenvalue weighted by Crippen LogP contribution is 2.20. The van der Waals surface area contributed by atoms with E-state index < -0.39 is 0 Å². The monoisotopic (exact) mass is 302 g/mol. The van der Waals surface area contributed by atoms with Crippen LogP contribution in [0.25, 0.3) is 11.0 Å². The van der Waals surface area contributed by atoms with Gasteiger partial charge in [-0.05, 0) is 18.6 Å². The molecule has 0 aliphatic heterocycles. The number of benzene rings is 1. The van der Waals surface area contributed by atoms with Crippen LogP contribution in [0.1, 0.15) is 24.0 Å². The Labute approximate surface area is 125 Å². The Balaban J connectivity index is 1.68. The van der Waals surface area contributed by atoms with Crippen LogP contribution in [-0.4, -0.2) is 21.3 Å². The number of amides is 1. The number of aryl methyl sites for hydroxylation is 1. The number of anilines is 1. The lowest BCUT2D eigenvalue weighted by Gasteiger charge is -1.98. The third-order valence-electron chi connectivity index (χ3n) is 2.96. The van der Waals surface area contributed by atoms with Gasteiger partial charge in [0, 0.05) is 11.8 Å². The lowest BCUT2D eigenvalue weighted by atomic mass is 10.2. The van der Waals surface area contributed by atoms with Gasteiger partial charge in [-0.3, -0.25) is 4.79 Å². The molecule has 0 bridgehead atoms. The second kappa shape index (κ2) is 6.01.